The van der Waals surface area contributed by atoms with Crippen LogP contribution in [0.5, 0.6) is 0 Å². The second-order valence-corrected chi connectivity index (χ2v) is 4.02. The molecule has 2 N–H and O–H groups in total. The first-order valence-electron chi connectivity index (χ1n) is 5.53. The molecule has 2 rings (SSSR count). The van der Waals surface area contributed by atoms with Gasteiger partial charge in [0.15, 0.2) is 0 Å². The molecule has 5 nitrogen and oxygen atoms in total. The summed E-state index contributed by atoms with van der Waals surface area (Å²) in [5.41, 5.74) is 0.883. The highest BCUT2D eigenvalue weighted by Gasteiger charge is 2.19. The highest BCUT2D eigenvalue weighted by Crippen LogP contribution is 2.24. The van der Waals surface area contributed by atoms with Crippen LogP contribution in [0, 0.1) is 0 Å². The van der Waals surface area contributed by atoms with Gasteiger partial charge in [-0.25, -0.2) is 4.79 Å². The number of aliphatic hydroxyl groups is 1. The molecular formula is C12H15NO4. The molecule has 0 aromatic rings. The molecule has 0 bridgehead atoms. The van der Waals surface area contributed by atoms with E-state index < -0.39 is 5.97 Å². The number of rotatable bonds is 2. The maximum absolute atomic E-state index is 11.0. The molecule has 0 aromatic carbocycles. The maximum atomic E-state index is 11.0. The first kappa shape index (κ1) is 11.7. The number of aliphatic carboxylic acids is 1. The van der Waals surface area contributed by atoms with Crippen LogP contribution in [-0.2, 0) is 9.53 Å². The number of morpholine rings is 1. The van der Waals surface area contributed by atoms with Crippen molar-refractivity contribution < 1.29 is 19.7 Å². The standard InChI is InChI=1S/C12H15NO4/c14-10-1-2-11(12(15)16)9(7-10)8-13-3-5-17-6-4-13/h1-2,8,14H,3-7H2,(H,15,16). The second kappa shape index (κ2) is 5.05. The van der Waals surface area contributed by atoms with Crippen molar-refractivity contribution in [1.82, 2.24) is 4.90 Å². The molecule has 1 heterocycles. The lowest BCUT2D eigenvalue weighted by atomic mass is 9.97. The highest BCUT2D eigenvalue weighted by molar-refractivity contribution is 5.92. The van der Waals surface area contributed by atoms with Gasteiger partial charge in [-0.05, 0) is 17.7 Å². The van der Waals surface area contributed by atoms with Crippen LogP contribution in [0.1, 0.15) is 6.42 Å². The molecule has 0 saturated carbocycles. The molecule has 0 aromatic heterocycles. The van der Waals surface area contributed by atoms with Crippen molar-refractivity contribution in [3.05, 3.63) is 35.3 Å². The maximum Gasteiger partial charge on any atom is 0.336 e. The smallest absolute Gasteiger partial charge is 0.336 e. The summed E-state index contributed by atoms with van der Waals surface area (Å²) in [6.07, 6.45) is 4.95. The number of hydrogen-bond donors (Lipinski definition) is 2. The molecule has 1 fully saturated rings. The lowest BCUT2D eigenvalue weighted by Gasteiger charge is -2.27. The molecule has 1 saturated heterocycles. The van der Waals surface area contributed by atoms with Crippen LogP contribution in [0.2, 0.25) is 0 Å². The normalized spacial score (nSPS) is 23.3. The van der Waals surface area contributed by atoms with E-state index in [0.29, 0.717) is 18.8 Å². The Kier molecular flexibility index (Phi) is 3.49. The lowest BCUT2D eigenvalue weighted by Crippen LogP contribution is -2.32. The number of hydrogen-bond acceptors (Lipinski definition) is 4. The van der Waals surface area contributed by atoms with Gasteiger partial charge in [-0.3, -0.25) is 0 Å². The molecule has 92 valence electrons. The zero-order valence-corrected chi connectivity index (χ0v) is 9.43. The van der Waals surface area contributed by atoms with E-state index in [1.807, 2.05) is 11.1 Å². The Morgan fingerprint density at radius 2 is 2.06 bits per heavy atom. The minimum absolute atomic E-state index is 0.189. The second-order valence-electron chi connectivity index (χ2n) is 4.02. The fourth-order valence-corrected chi connectivity index (χ4v) is 1.89. The average Bonchev–Trinajstić information content (AvgIpc) is 2.30. The Bertz CT molecular complexity index is 403. The van der Waals surface area contributed by atoms with Gasteiger partial charge in [0, 0.05) is 25.7 Å². The van der Waals surface area contributed by atoms with Gasteiger partial charge < -0.3 is 19.8 Å². The van der Waals surface area contributed by atoms with E-state index >= 15 is 0 Å². The SMILES string of the molecule is O=C(O)C1=CC=C(O)CC1=CN1CCOCC1. The average molecular weight is 237 g/mol. The van der Waals surface area contributed by atoms with Gasteiger partial charge in [-0.15, -0.1) is 0 Å². The minimum atomic E-state index is -0.965. The predicted octanol–water partition coefficient (Wildman–Crippen LogP) is 1.06. The molecule has 0 amide bonds. The number of nitrogens with zero attached hydrogens (tertiary/aromatic N) is 1. The Morgan fingerprint density at radius 3 is 2.71 bits per heavy atom. The van der Waals surface area contributed by atoms with Gasteiger partial charge in [0.25, 0.3) is 0 Å². The Labute approximate surface area is 99.3 Å². The van der Waals surface area contributed by atoms with E-state index in [-0.39, 0.29) is 17.8 Å². The van der Waals surface area contributed by atoms with Crippen LogP contribution >= 0.6 is 0 Å². The molecule has 0 unspecified atom stereocenters. The molecule has 0 radical (unpaired) electrons. The van der Waals surface area contributed by atoms with Crippen molar-refractivity contribution >= 4 is 5.97 Å². The zero-order valence-electron chi connectivity index (χ0n) is 9.43. The Hall–Kier alpha value is -1.75. The Morgan fingerprint density at radius 1 is 1.35 bits per heavy atom. The number of carboxylic acid groups (broad SMARTS) is 1. The van der Waals surface area contributed by atoms with Crippen molar-refractivity contribution in [2.45, 2.75) is 6.42 Å². The van der Waals surface area contributed by atoms with E-state index in [4.69, 9.17) is 9.84 Å². The van der Waals surface area contributed by atoms with E-state index in [0.717, 1.165) is 13.1 Å². The predicted molar refractivity (Wildman–Crippen MR) is 61.5 cm³/mol. The van der Waals surface area contributed by atoms with Gasteiger partial charge in [0.2, 0.25) is 0 Å². The number of carboxylic acids is 1. The molecule has 0 atom stereocenters. The quantitative estimate of drug-likeness (QED) is 0.751. The van der Waals surface area contributed by atoms with Crippen LogP contribution in [0.4, 0.5) is 0 Å². The third-order valence-corrected chi connectivity index (χ3v) is 2.77. The van der Waals surface area contributed by atoms with Crippen molar-refractivity contribution in [2.24, 2.45) is 0 Å². The van der Waals surface area contributed by atoms with Crippen LogP contribution in [-0.4, -0.2) is 47.4 Å². The Balaban J connectivity index is 2.18. The van der Waals surface area contributed by atoms with Gasteiger partial charge in [-0.1, -0.05) is 0 Å². The summed E-state index contributed by atoms with van der Waals surface area (Å²) in [6.45, 7) is 2.80. The monoisotopic (exact) mass is 237 g/mol. The van der Waals surface area contributed by atoms with Crippen molar-refractivity contribution in [3.8, 4) is 0 Å². The third-order valence-electron chi connectivity index (χ3n) is 2.77. The van der Waals surface area contributed by atoms with Gasteiger partial charge >= 0.3 is 5.97 Å². The molecule has 5 heteroatoms. The first-order valence-corrected chi connectivity index (χ1v) is 5.53. The van der Waals surface area contributed by atoms with Crippen molar-refractivity contribution in [1.29, 1.82) is 0 Å². The first-order chi connectivity index (χ1) is 8.16. The van der Waals surface area contributed by atoms with E-state index in [9.17, 15) is 9.90 Å². The molecular weight excluding hydrogens is 222 g/mol. The number of allylic oxidation sites excluding steroid dienone is 3. The van der Waals surface area contributed by atoms with Gasteiger partial charge in [0.05, 0.1) is 24.5 Å². The number of carbonyl (C=O) groups is 1. The van der Waals surface area contributed by atoms with Crippen LogP contribution in [0.15, 0.2) is 35.3 Å². The fourth-order valence-electron chi connectivity index (χ4n) is 1.89. The van der Waals surface area contributed by atoms with Crippen LogP contribution in [0.3, 0.4) is 0 Å². The lowest BCUT2D eigenvalue weighted by molar-refractivity contribution is -0.132. The van der Waals surface area contributed by atoms with Crippen molar-refractivity contribution in [2.75, 3.05) is 26.3 Å². The summed E-state index contributed by atoms with van der Waals surface area (Å²) >= 11 is 0. The fraction of sp³-hybridized carbons (Fsp3) is 0.417. The summed E-state index contributed by atoms with van der Waals surface area (Å²) in [5, 5.41) is 18.5. The summed E-state index contributed by atoms with van der Waals surface area (Å²) in [7, 11) is 0. The van der Waals surface area contributed by atoms with Crippen LogP contribution in [0.25, 0.3) is 0 Å². The van der Waals surface area contributed by atoms with Crippen LogP contribution < -0.4 is 0 Å². The highest BCUT2D eigenvalue weighted by atomic mass is 16.5. The summed E-state index contributed by atoms with van der Waals surface area (Å²) in [4.78, 5) is 13.1. The van der Waals surface area contributed by atoms with Crippen molar-refractivity contribution in [3.63, 3.8) is 0 Å². The summed E-state index contributed by atoms with van der Waals surface area (Å²) in [5.74, 6) is -0.775. The topological polar surface area (TPSA) is 70.0 Å². The summed E-state index contributed by atoms with van der Waals surface area (Å²) in [6, 6.07) is 0. The van der Waals surface area contributed by atoms with E-state index in [2.05, 4.69) is 0 Å². The molecule has 17 heavy (non-hydrogen) atoms. The van der Waals surface area contributed by atoms with Gasteiger partial charge in [0.1, 0.15) is 0 Å². The molecule has 1 aliphatic carbocycles. The van der Waals surface area contributed by atoms with E-state index in [1.165, 1.54) is 12.2 Å². The molecule has 1 aliphatic heterocycles. The zero-order chi connectivity index (χ0) is 12.3. The number of ether oxygens (including phenoxy) is 1. The minimum Gasteiger partial charge on any atom is -0.512 e. The number of aliphatic hydroxyl groups excluding tert-OH is 1. The molecule has 0 spiro atoms. The summed E-state index contributed by atoms with van der Waals surface area (Å²) < 4.78 is 5.22. The third kappa shape index (κ3) is 2.88. The van der Waals surface area contributed by atoms with Gasteiger partial charge in [-0.2, -0.15) is 0 Å². The van der Waals surface area contributed by atoms with E-state index in [1.54, 1.807) is 0 Å². The molecule has 2 aliphatic rings. The largest absolute Gasteiger partial charge is 0.512 e.